The molecule has 2 N–H and O–H groups in total. The molecule has 0 bridgehead atoms. The van der Waals surface area contributed by atoms with Crippen molar-refractivity contribution in [3.63, 3.8) is 0 Å². The van der Waals surface area contributed by atoms with E-state index in [0.717, 1.165) is 11.5 Å². The molecule has 0 saturated heterocycles. The summed E-state index contributed by atoms with van der Waals surface area (Å²) < 4.78 is 5.54. The van der Waals surface area contributed by atoms with Gasteiger partial charge in [-0.25, -0.2) is 0 Å². The van der Waals surface area contributed by atoms with Gasteiger partial charge in [-0.3, -0.25) is 4.79 Å². The van der Waals surface area contributed by atoms with Crippen molar-refractivity contribution in [1.82, 2.24) is 4.90 Å². The minimum absolute atomic E-state index is 0.127. The third-order valence-corrected chi connectivity index (χ3v) is 3.05. The molecule has 0 atom stereocenters. The standard InChI is InChI=1S/C15H26N2O2/c1-11(2)17(10-13-7-6-12(3)19-13)14(18)8-9-15(4,5)16/h6-7,11H,8-10,16H2,1-5H3. The maximum Gasteiger partial charge on any atom is 0.223 e. The molecule has 1 aromatic heterocycles. The molecule has 0 aromatic carbocycles. The zero-order chi connectivity index (χ0) is 14.6. The molecular formula is C15H26N2O2. The van der Waals surface area contributed by atoms with Crippen molar-refractivity contribution >= 4 is 5.91 Å². The SMILES string of the molecule is Cc1ccc(CN(C(=O)CCC(C)(C)N)C(C)C)o1. The van der Waals surface area contributed by atoms with E-state index < -0.39 is 0 Å². The van der Waals surface area contributed by atoms with Crippen molar-refractivity contribution in [2.75, 3.05) is 0 Å². The Hall–Kier alpha value is -1.29. The zero-order valence-electron chi connectivity index (χ0n) is 12.7. The molecule has 108 valence electrons. The fraction of sp³-hybridized carbons (Fsp3) is 0.667. The molecule has 0 spiro atoms. The number of carbonyl (C=O) groups is 1. The molecule has 4 nitrogen and oxygen atoms in total. The minimum atomic E-state index is -0.306. The number of hydrogen-bond acceptors (Lipinski definition) is 3. The van der Waals surface area contributed by atoms with Crippen molar-refractivity contribution in [2.45, 2.75) is 65.6 Å². The number of rotatable bonds is 6. The Balaban J connectivity index is 2.64. The van der Waals surface area contributed by atoms with Gasteiger partial charge in [0.25, 0.3) is 0 Å². The third-order valence-electron chi connectivity index (χ3n) is 3.05. The summed E-state index contributed by atoms with van der Waals surface area (Å²) in [5.41, 5.74) is 5.62. The van der Waals surface area contributed by atoms with Crippen LogP contribution in [0.5, 0.6) is 0 Å². The fourth-order valence-corrected chi connectivity index (χ4v) is 1.87. The molecule has 1 heterocycles. The lowest BCUT2D eigenvalue weighted by atomic mass is 9.99. The lowest BCUT2D eigenvalue weighted by Gasteiger charge is -2.27. The van der Waals surface area contributed by atoms with Gasteiger partial charge in [0, 0.05) is 18.0 Å². The number of nitrogens with zero attached hydrogens (tertiary/aromatic N) is 1. The normalized spacial score (nSPS) is 11.9. The molecule has 0 unspecified atom stereocenters. The van der Waals surface area contributed by atoms with E-state index in [0.29, 0.717) is 19.4 Å². The molecule has 19 heavy (non-hydrogen) atoms. The van der Waals surface area contributed by atoms with Crippen LogP contribution in [-0.4, -0.2) is 22.4 Å². The highest BCUT2D eigenvalue weighted by atomic mass is 16.3. The van der Waals surface area contributed by atoms with E-state index in [9.17, 15) is 4.79 Å². The summed E-state index contributed by atoms with van der Waals surface area (Å²) >= 11 is 0. The second-order valence-corrected chi connectivity index (χ2v) is 6.12. The Kier molecular flexibility index (Phi) is 5.18. The molecule has 0 fully saturated rings. The van der Waals surface area contributed by atoms with Gasteiger partial charge in [-0.05, 0) is 53.2 Å². The van der Waals surface area contributed by atoms with Crippen LogP contribution in [0, 0.1) is 6.92 Å². The summed E-state index contributed by atoms with van der Waals surface area (Å²) in [6.07, 6.45) is 1.16. The molecule has 0 saturated carbocycles. The molecule has 1 rings (SSSR count). The van der Waals surface area contributed by atoms with Gasteiger partial charge in [-0.15, -0.1) is 0 Å². The fourth-order valence-electron chi connectivity index (χ4n) is 1.87. The van der Waals surface area contributed by atoms with Gasteiger partial charge in [0.05, 0.1) is 6.54 Å². The maximum atomic E-state index is 12.3. The smallest absolute Gasteiger partial charge is 0.223 e. The van der Waals surface area contributed by atoms with Crippen molar-refractivity contribution < 1.29 is 9.21 Å². The lowest BCUT2D eigenvalue weighted by molar-refractivity contribution is -0.134. The first-order valence-corrected chi connectivity index (χ1v) is 6.83. The van der Waals surface area contributed by atoms with Gasteiger partial charge in [0.15, 0.2) is 0 Å². The van der Waals surface area contributed by atoms with Gasteiger partial charge in [0.1, 0.15) is 11.5 Å². The largest absolute Gasteiger partial charge is 0.464 e. The van der Waals surface area contributed by atoms with Gasteiger partial charge in [0.2, 0.25) is 5.91 Å². The molecule has 0 aliphatic carbocycles. The quantitative estimate of drug-likeness (QED) is 0.861. The van der Waals surface area contributed by atoms with Crippen LogP contribution in [0.1, 0.15) is 52.1 Å². The van der Waals surface area contributed by atoms with E-state index >= 15 is 0 Å². The predicted octanol–water partition coefficient (Wildman–Crippen LogP) is 2.84. The molecule has 0 aliphatic heterocycles. The summed E-state index contributed by atoms with van der Waals surface area (Å²) in [5.74, 6) is 1.82. The predicted molar refractivity (Wildman–Crippen MR) is 76.6 cm³/mol. The van der Waals surface area contributed by atoms with Gasteiger partial charge in [-0.1, -0.05) is 0 Å². The van der Waals surface area contributed by atoms with Gasteiger partial charge < -0.3 is 15.1 Å². The van der Waals surface area contributed by atoms with E-state index in [1.807, 2.05) is 51.7 Å². The average molecular weight is 266 g/mol. The van der Waals surface area contributed by atoms with Gasteiger partial charge >= 0.3 is 0 Å². The van der Waals surface area contributed by atoms with Crippen molar-refractivity contribution in [1.29, 1.82) is 0 Å². The summed E-state index contributed by atoms with van der Waals surface area (Å²) in [4.78, 5) is 14.1. The first-order chi connectivity index (χ1) is 8.69. The summed E-state index contributed by atoms with van der Waals surface area (Å²) in [6, 6.07) is 3.99. The van der Waals surface area contributed by atoms with Crippen LogP contribution in [0.4, 0.5) is 0 Å². The lowest BCUT2D eigenvalue weighted by Crippen LogP contribution is -2.39. The zero-order valence-corrected chi connectivity index (χ0v) is 12.7. The number of nitrogens with two attached hydrogens (primary N) is 1. The molecule has 0 radical (unpaired) electrons. The monoisotopic (exact) mass is 266 g/mol. The van der Waals surface area contributed by atoms with Crippen LogP contribution >= 0.6 is 0 Å². The Bertz CT molecular complexity index is 416. The maximum absolute atomic E-state index is 12.3. The van der Waals surface area contributed by atoms with E-state index in [-0.39, 0.29) is 17.5 Å². The van der Waals surface area contributed by atoms with Crippen LogP contribution in [0.2, 0.25) is 0 Å². The number of hydrogen-bond donors (Lipinski definition) is 1. The number of furan rings is 1. The molecule has 0 aliphatic rings. The topological polar surface area (TPSA) is 59.5 Å². The molecule has 1 aromatic rings. The number of carbonyl (C=O) groups excluding carboxylic acids is 1. The third kappa shape index (κ3) is 5.47. The van der Waals surface area contributed by atoms with E-state index in [1.165, 1.54) is 0 Å². The van der Waals surface area contributed by atoms with Crippen LogP contribution in [0.15, 0.2) is 16.5 Å². The van der Waals surface area contributed by atoms with Crippen LogP contribution in [0.25, 0.3) is 0 Å². The van der Waals surface area contributed by atoms with Crippen molar-refractivity contribution in [2.24, 2.45) is 5.73 Å². The first kappa shape index (κ1) is 15.8. The average Bonchev–Trinajstić information content (AvgIpc) is 2.67. The highest BCUT2D eigenvalue weighted by Gasteiger charge is 2.21. The summed E-state index contributed by atoms with van der Waals surface area (Å²) in [7, 11) is 0. The second kappa shape index (κ2) is 6.24. The van der Waals surface area contributed by atoms with E-state index in [4.69, 9.17) is 10.2 Å². The Morgan fingerprint density at radius 2 is 2.05 bits per heavy atom. The van der Waals surface area contributed by atoms with Crippen LogP contribution < -0.4 is 5.73 Å². The molecule has 1 amide bonds. The second-order valence-electron chi connectivity index (χ2n) is 6.12. The number of aryl methyl sites for hydroxylation is 1. The molecule has 4 heteroatoms. The highest BCUT2D eigenvalue weighted by Crippen LogP contribution is 2.15. The first-order valence-electron chi connectivity index (χ1n) is 6.83. The van der Waals surface area contributed by atoms with E-state index in [1.54, 1.807) is 0 Å². The van der Waals surface area contributed by atoms with Crippen LogP contribution in [-0.2, 0) is 11.3 Å². The molecular weight excluding hydrogens is 240 g/mol. The van der Waals surface area contributed by atoms with Gasteiger partial charge in [-0.2, -0.15) is 0 Å². The Morgan fingerprint density at radius 1 is 1.42 bits per heavy atom. The summed E-state index contributed by atoms with van der Waals surface area (Å²) in [6.45, 7) is 10.3. The minimum Gasteiger partial charge on any atom is -0.464 e. The van der Waals surface area contributed by atoms with Crippen molar-refractivity contribution in [3.05, 3.63) is 23.7 Å². The van der Waals surface area contributed by atoms with E-state index in [2.05, 4.69) is 0 Å². The Labute approximate surface area is 116 Å². The van der Waals surface area contributed by atoms with Crippen LogP contribution in [0.3, 0.4) is 0 Å². The highest BCUT2D eigenvalue weighted by molar-refractivity contribution is 5.76. The van der Waals surface area contributed by atoms with Crippen molar-refractivity contribution in [3.8, 4) is 0 Å². The Morgan fingerprint density at radius 3 is 2.47 bits per heavy atom. The number of amides is 1. The summed E-state index contributed by atoms with van der Waals surface area (Å²) in [5, 5.41) is 0.